The van der Waals surface area contributed by atoms with Crippen LogP contribution in [0, 0.1) is 5.92 Å². The smallest absolute Gasteiger partial charge is 0.435 e. The van der Waals surface area contributed by atoms with Gasteiger partial charge in [-0.3, -0.25) is 14.3 Å². The first-order valence-electron chi connectivity index (χ1n) is 7.76. The molecule has 0 radical (unpaired) electrons. The van der Waals surface area contributed by atoms with Crippen molar-refractivity contribution in [1.29, 1.82) is 0 Å². The Hall–Kier alpha value is -2.06. The fourth-order valence-corrected chi connectivity index (χ4v) is 2.93. The van der Waals surface area contributed by atoms with Crippen LogP contribution in [0.5, 0.6) is 0 Å². The fourth-order valence-electron chi connectivity index (χ4n) is 2.93. The zero-order chi connectivity index (χ0) is 17.9. The number of carbonyl (C=O) groups is 2. The predicted octanol–water partition coefficient (Wildman–Crippen LogP) is 2.08. The third-order valence-corrected chi connectivity index (χ3v) is 4.24. The molecule has 1 aliphatic rings. The average molecular weight is 347 g/mol. The number of aliphatic carboxylic acids is 1. The van der Waals surface area contributed by atoms with E-state index in [-0.39, 0.29) is 30.4 Å². The largest absolute Gasteiger partial charge is 0.481 e. The van der Waals surface area contributed by atoms with E-state index in [4.69, 9.17) is 5.11 Å². The Bertz CT molecular complexity index is 613. The first-order chi connectivity index (χ1) is 11.2. The van der Waals surface area contributed by atoms with Crippen LogP contribution in [0.15, 0.2) is 6.07 Å². The summed E-state index contributed by atoms with van der Waals surface area (Å²) in [5.74, 6) is -1.00. The highest BCUT2D eigenvalue weighted by molar-refractivity contribution is 5.78. The van der Waals surface area contributed by atoms with Crippen LogP contribution in [0.3, 0.4) is 0 Å². The van der Waals surface area contributed by atoms with Crippen molar-refractivity contribution < 1.29 is 27.9 Å². The Balaban J connectivity index is 1.97. The van der Waals surface area contributed by atoms with E-state index in [1.54, 1.807) is 4.90 Å². The lowest BCUT2D eigenvalue weighted by molar-refractivity contribution is -0.141. The van der Waals surface area contributed by atoms with Gasteiger partial charge in [0.15, 0.2) is 5.69 Å². The van der Waals surface area contributed by atoms with Gasteiger partial charge in [-0.2, -0.15) is 18.3 Å². The lowest BCUT2D eigenvalue weighted by Crippen LogP contribution is -2.41. The normalized spacial score (nSPS) is 18.7. The lowest BCUT2D eigenvalue weighted by Gasteiger charge is -2.32. The molecule has 1 amide bonds. The molecule has 0 aliphatic carbocycles. The van der Waals surface area contributed by atoms with Gasteiger partial charge < -0.3 is 10.0 Å². The van der Waals surface area contributed by atoms with Gasteiger partial charge in [0.25, 0.3) is 0 Å². The molecule has 0 aromatic carbocycles. The minimum Gasteiger partial charge on any atom is -0.481 e. The molecule has 2 heterocycles. The number of hydrogen-bond acceptors (Lipinski definition) is 3. The van der Waals surface area contributed by atoms with Crippen molar-refractivity contribution >= 4 is 11.9 Å². The highest BCUT2D eigenvalue weighted by atomic mass is 19.4. The molecule has 2 rings (SSSR count). The highest BCUT2D eigenvalue weighted by Gasteiger charge is 2.35. The molecule has 0 spiro atoms. The highest BCUT2D eigenvalue weighted by Crippen LogP contribution is 2.28. The molecule has 1 saturated heterocycles. The van der Waals surface area contributed by atoms with E-state index >= 15 is 0 Å². The third-order valence-electron chi connectivity index (χ3n) is 4.24. The second-order valence-electron chi connectivity index (χ2n) is 6.10. The minimum atomic E-state index is -4.54. The SMILES string of the molecule is Cn1nc(C(F)(F)F)cc1CC(=O)N1CCCC(CCC(=O)O)C1. The molecule has 9 heteroatoms. The number of nitrogens with zero attached hydrogens (tertiary/aromatic N) is 3. The first-order valence-corrected chi connectivity index (χ1v) is 7.76. The van der Waals surface area contributed by atoms with E-state index in [1.165, 1.54) is 7.05 Å². The summed E-state index contributed by atoms with van der Waals surface area (Å²) in [4.78, 5) is 24.6. The van der Waals surface area contributed by atoms with E-state index in [1.807, 2.05) is 0 Å². The van der Waals surface area contributed by atoms with Crippen LogP contribution in [0.25, 0.3) is 0 Å². The number of carboxylic acid groups (broad SMARTS) is 1. The van der Waals surface area contributed by atoms with Crippen molar-refractivity contribution in [2.24, 2.45) is 13.0 Å². The maximum Gasteiger partial charge on any atom is 0.435 e. The number of aromatic nitrogens is 2. The number of piperidine rings is 1. The molecule has 24 heavy (non-hydrogen) atoms. The van der Waals surface area contributed by atoms with Gasteiger partial charge >= 0.3 is 12.1 Å². The monoisotopic (exact) mass is 347 g/mol. The lowest BCUT2D eigenvalue weighted by atomic mass is 9.93. The van der Waals surface area contributed by atoms with E-state index < -0.39 is 17.8 Å². The molecule has 1 aliphatic heterocycles. The van der Waals surface area contributed by atoms with Gasteiger partial charge in [0, 0.05) is 32.3 Å². The zero-order valence-electron chi connectivity index (χ0n) is 13.3. The van der Waals surface area contributed by atoms with E-state index in [0.717, 1.165) is 23.6 Å². The number of hydrogen-bond donors (Lipinski definition) is 1. The van der Waals surface area contributed by atoms with Crippen LogP contribution in [0.1, 0.15) is 37.1 Å². The van der Waals surface area contributed by atoms with Crippen LogP contribution in [-0.2, 0) is 29.2 Å². The van der Waals surface area contributed by atoms with Crippen molar-refractivity contribution in [2.45, 2.75) is 38.3 Å². The quantitative estimate of drug-likeness (QED) is 0.885. The summed E-state index contributed by atoms with van der Waals surface area (Å²) in [6.07, 6.45) is -2.49. The molecule has 6 nitrogen and oxygen atoms in total. The summed E-state index contributed by atoms with van der Waals surface area (Å²) in [6, 6.07) is 0.893. The summed E-state index contributed by atoms with van der Waals surface area (Å²) in [5, 5.41) is 12.1. The van der Waals surface area contributed by atoms with Crippen LogP contribution in [0.4, 0.5) is 13.2 Å². The summed E-state index contributed by atoms with van der Waals surface area (Å²) in [5.41, 5.74) is -0.800. The Morgan fingerprint density at radius 3 is 2.71 bits per heavy atom. The number of carboxylic acids is 1. The summed E-state index contributed by atoms with van der Waals surface area (Å²) in [7, 11) is 1.38. The van der Waals surface area contributed by atoms with Gasteiger partial charge in [-0.25, -0.2) is 0 Å². The zero-order valence-corrected chi connectivity index (χ0v) is 13.3. The fraction of sp³-hybridized carbons (Fsp3) is 0.667. The summed E-state index contributed by atoms with van der Waals surface area (Å²) in [6.45, 7) is 1.00. The molecule has 1 fully saturated rings. The molecular formula is C15H20F3N3O3. The maximum absolute atomic E-state index is 12.7. The van der Waals surface area contributed by atoms with Gasteiger partial charge in [-0.05, 0) is 31.2 Å². The van der Waals surface area contributed by atoms with E-state index in [0.29, 0.717) is 19.5 Å². The van der Waals surface area contributed by atoms with Crippen molar-refractivity contribution in [3.05, 3.63) is 17.5 Å². The summed E-state index contributed by atoms with van der Waals surface area (Å²) < 4.78 is 39.0. The van der Waals surface area contributed by atoms with E-state index in [9.17, 15) is 22.8 Å². The topological polar surface area (TPSA) is 75.4 Å². The number of halogens is 3. The average Bonchev–Trinajstić information content (AvgIpc) is 2.87. The molecule has 1 N–H and O–H groups in total. The Morgan fingerprint density at radius 1 is 1.42 bits per heavy atom. The molecule has 1 aromatic rings. The van der Waals surface area contributed by atoms with Crippen LogP contribution >= 0.6 is 0 Å². The third kappa shape index (κ3) is 4.72. The van der Waals surface area contributed by atoms with E-state index in [2.05, 4.69) is 5.10 Å². The Labute approximate surface area is 137 Å². The number of alkyl halides is 3. The van der Waals surface area contributed by atoms with Gasteiger partial charge in [0.1, 0.15) is 0 Å². The van der Waals surface area contributed by atoms with Crippen LogP contribution < -0.4 is 0 Å². The molecule has 0 saturated carbocycles. The van der Waals surface area contributed by atoms with Gasteiger partial charge in [0.05, 0.1) is 6.42 Å². The van der Waals surface area contributed by atoms with Crippen molar-refractivity contribution in [1.82, 2.24) is 14.7 Å². The van der Waals surface area contributed by atoms with Gasteiger partial charge in [0.2, 0.25) is 5.91 Å². The van der Waals surface area contributed by atoms with Crippen molar-refractivity contribution in [2.75, 3.05) is 13.1 Å². The van der Waals surface area contributed by atoms with Crippen LogP contribution in [-0.4, -0.2) is 44.8 Å². The molecule has 134 valence electrons. The molecule has 1 atom stereocenters. The predicted molar refractivity (Wildman–Crippen MR) is 78.1 cm³/mol. The second kappa shape index (κ2) is 7.23. The molecule has 1 unspecified atom stereocenters. The number of amides is 1. The number of likely N-dealkylation sites (tertiary alicyclic amines) is 1. The molecule has 1 aromatic heterocycles. The number of carbonyl (C=O) groups excluding carboxylic acids is 1. The Kier molecular flexibility index (Phi) is 5.51. The Morgan fingerprint density at radius 2 is 2.12 bits per heavy atom. The second-order valence-corrected chi connectivity index (χ2v) is 6.10. The number of rotatable bonds is 5. The minimum absolute atomic E-state index is 0.0589. The maximum atomic E-state index is 12.7. The van der Waals surface area contributed by atoms with Crippen molar-refractivity contribution in [3.63, 3.8) is 0 Å². The van der Waals surface area contributed by atoms with Gasteiger partial charge in [-0.1, -0.05) is 0 Å². The van der Waals surface area contributed by atoms with Crippen LogP contribution in [0.2, 0.25) is 0 Å². The van der Waals surface area contributed by atoms with Crippen molar-refractivity contribution in [3.8, 4) is 0 Å². The molecule has 0 bridgehead atoms. The first kappa shape index (κ1) is 18.3. The summed E-state index contributed by atoms with van der Waals surface area (Å²) >= 11 is 0. The number of aryl methyl sites for hydroxylation is 1. The standard InChI is InChI=1S/C15H20F3N3O3/c1-20-11(7-12(19-20)15(16,17)18)8-13(22)21-6-2-3-10(9-21)4-5-14(23)24/h7,10H,2-6,8-9H2,1H3,(H,23,24). The molecular weight excluding hydrogens is 327 g/mol. The van der Waals surface area contributed by atoms with Gasteiger partial charge in [-0.15, -0.1) is 0 Å².